The second-order valence-corrected chi connectivity index (χ2v) is 5.93. The van der Waals surface area contributed by atoms with E-state index in [2.05, 4.69) is 10.4 Å². The third-order valence-corrected chi connectivity index (χ3v) is 4.32. The number of nitrogens with one attached hydrogen (secondary N) is 1. The first kappa shape index (κ1) is 16.0. The summed E-state index contributed by atoms with van der Waals surface area (Å²) in [5.41, 5.74) is 2.49. The summed E-state index contributed by atoms with van der Waals surface area (Å²) in [4.78, 5) is 25.0. The molecule has 6 nitrogen and oxygen atoms in total. The van der Waals surface area contributed by atoms with Gasteiger partial charge in [-0.05, 0) is 42.0 Å². The summed E-state index contributed by atoms with van der Waals surface area (Å²) >= 11 is 0. The Morgan fingerprint density at radius 3 is 2.73 bits per heavy atom. The van der Waals surface area contributed by atoms with Crippen LogP contribution in [0.2, 0.25) is 0 Å². The van der Waals surface area contributed by atoms with Crippen LogP contribution in [0, 0.1) is 5.82 Å². The molecule has 130 valence electrons. The van der Waals surface area contributed by atoms with E-state index in [1.165, 1.54) is 16.7 Å². The highest BCUT2D eigenvalue weighted by Gasteiger charge is 2.14. The molecule has 0 spiro atoms. The van der Waals surface area contributed by atoms with Crippen molar-refractivity contribution >= 4 is 22.5 Å². The molecule has 0 aliphatic carbocycles. The molecule has 2 aromatic carbocycles. The Morgan fingerprint density at radius 2 is 1.96 bits per heavy atom. The van der Waals surface area contributed by atoms with Crippen LogP contribution in [0.1, 0.15) is 15.9 Å². The van der Waals surface area contributed by atoms with Crippen molar-refractivity contribution in [1.82, 2.24) is 19.5 Å². The molecule has 0 fully saturated rings. The molecule has 2 heterocycles. The van der Waals surface area contributed by atoms with Gasteiger partial charge in [0.05, 0.1) is 23.8 Å². The van der Waals surface area contributed by atoms with Gasteiger partial charge in [0.2, 0.25) is 0 Å². The average molecular weight is 350 g/mol. The predicted molar refractivity (Wildman–Crippen MR) is 95.9 cm³/mol. The van der Waals surface area contributed by atoms with Gasteiger partial charge in [-0.3, -0.25) is 9.59 Å². The van der Waals surface area contributed by atoms with Gasteiger partial charge < -0.3 is 9.88 Å². The van der Waals surface area contributed by atoms with Crippen LogP contribution >= 0.6 is 0 Å². The minimum Gasteiger partial charge on any atom is -0.355 e. The number of carbonyl (C=O) groups is 1. The Balaban J connectivity index is 2.02. The zero-order valence-corrected chi connectivity index (χ0v) is 13.9. The van der Waals surface area contributed by atoms with Crippen molar-refractivity contribution in [3.05, 3.63) is 82.0 Å². The molecule has 0 aliphatic rings. The first-order chi connectivity index (χ1) is 12.6. The quantitative estimate of drug-likeness (QED) is 0.616. The van der Waals surface area contributed by atoms with E-state index in [4.69, 9.17) is 0 Å². The fourth-order valence-corrected chi connectivity index (χ4v) is 3.08. The van der Waals surface area contributed by atoms with Crippen LogP contribution < -0.4 is 10.9 Å². The Labute approximate surface area is 147 Å². The topological polar surface area (TPSA) is 68.4 Å². The predicted octanol–water partition coefficient (Wildman–Crippen LogP) is 2.20. The summed E-state index contributed by atoms with van der Waals surface area (Å²) in [7, 11) is 1.54. The highest BCUT2D eigenvalue weighted by atomic mass is 19.1. The maximum Gasteiger partial charge on any atom is 0.277 e. The van der Waals surface area contributed by atoms with Gasteiger partial charge in [0.15, 0.2) is 0 Å². The van der Waals surface area contributed by atoms with E-state index in [0.717, 1.165) is 0 Å². The van der Waals surface area contributed by atoms with Gasteiger partial charge in [-0.2, -0.15) is 5.10 Å². The highest BCUT2D eigenvalue weighted by Crippen LogP contribution is 2.18. The molecule has 0 unspecified atom stereocenters. The molecule has 0 bridgehead atoms. The van der Waals surface area contributed by atoms with Crippen LogP contribution in [0.3, 0.4) is 0 Å². The van der Waals surface area contributed by atoms with Crippen LogP contribution in [0.25, 0.3) is 16.6 Å². The number of benzene rings is 2. The minimum atomic E-state index is -0.365. The third-order valence-electron chi connectivity index (χ3n) is 4.32. The molecule has 1 N–H and O–H groups in total. The molecule has 0 radical (unpaired) electrons. The number of carbonyl (C=O) groups excluding carboxylic acids is 1. The smallest absolute Gasteiger partial charge is 0.277 e. The number of hydrogen-bond donors (Lipinski definition) is 1. The standard InChI is InChI=1S/C19H15FN4O2/c1-21-18(25)13-5-6-15-17(10-13)23(11-12-3-2-4-14(20)9-12)19(26)16-7-8-22-24(15)16/h2-10H,11H2,1H3,(H,21,25). The Kier molecular flexibility index (Phi) is 3.76. The normalized spacial score (nSPS) is 11.2. The number of aromatic nitrogens is 3. The summed E-state index contributed by atoms with van der Waals surface area (Å²) in [6.07, 6.45) is 1.55. The maximum atomic E-state index is 13.5. The number of hydrogen-bond acceptors (Lipinski definition) is 3. The van der Waals surface area contributed by atoms with Gasteiger partial charge in [-0.15, -0.1) is 0 Å². The molecule has 7 heteroatoms. The van der Waals surface area contributed by atoms with Gasteiger partial charge in [-0.25, -0.2) is 8.91 Å². The number of nitrogens with zero attached hydrogens (tertiary/aromatic N) is 3. The first-order valence-electron chi connectivity index (χ1n) is 8.05. The number of halogens is 1. The van der Waals surface area contributed by atoms with Gasteiger partial charge in [0.1, 0.15) is 11.3 Å². The summed E-state index contributed by atoms with van der Waals surface area (Å²) in [6.45, 7) is 0.186. The minimum absolute atomic E-state index is 0.186. The number of rotatable bonds is 3. The van der Waals surface area contributed by atoms with E-state index in [1.807, 2.05) is 0 Å². The molecule has 0 atom stereocenters. The van der Waals surface area contributed by atoms with Crippen LogP contribution in [0.4, 0.5) is 4.39 Å². The molecule has 0 aliphatic heterocycles. The SMILES string of the molecule is CNC(=O)c1ccc2c(c1)n(Cc1cccc(F)c1)c(=O)c1ccnn12. The lowest BCUT2D eigenvalue weighted by molar-refractivity contribution is 0.0963. The van der Waals surface area contributed by atoms with E-state index in [9.17, 15) is 14.0 Å². The van der Waals surface area contributed by atoms with Crippen molar-refractivity contribution in [3.8, 4) is 0 Å². The summed E-state index contributed by atoms with van der Waals surface area (Å²) in [5.74, 6) is -0.617. The molecule has 0 saturated carbocycles. The van der Waals surface area contributed by atoms with Crippen LogP contribution in [0.5, 0.6) is 0 Å². The number of amides is 1. The molecule has 4 aromatic rings. The Bertz CT molecular complexity index is 1210. The molecule has 2 aromatic heterocycles. The monoisotopic (exact) mass is 350 g/mol. The fourth-order valence-electron chi connectivity index (χ4n) is 3.08. The van der Waals surface area contributed by atoms with Crippen molar-refractivity contribution < 1.29 is 9.18 Å². The van der Waals surface area contributed by atoms with Crippen molar-refractivity contribution in [3.63, 3.8) is 0 Å². The second kappa shape index (κ2) is 6.11. The van der Waals surface area contributed by atoms with Gasteiger partial charge >= 0.3 is 0 Å². The van der Waals surface area contributed by atoms with Gasteiger partial charge in [-0.1, -0.05) is 12.1 Å². The summed E-state index contributed by atoms with van der Waals surface area (Å²) < 4.78 is 16.6. The van der Waals surface area contributed by atoms with E-state index in [1.54, 1.807) is 54.2 Å². The Morgan fingerprint density at radius 1 is 1.12 bits per heavy atom. The zero-order chi connectivity index (χ0) is 18.3. The first-order valence-corrected chi connectivity index (χ1v) is 8.05. The molecule has 4 rings (SSSR count). The maximum absolute atomic E-state index is 13.5. The molecular weight excluding hydrogens is 335 g/mol. The Hall–Kier alpha value is -3.48. The van der Waals surface area contributed by atoms with E-state index < -0.39 is 0 Å². The fraction of sp³-hybridized carbons (Fsp3) is 0.105. The van der Waals surface area contributed by atoms with E-state index in [0.29, 0.717) is 27.7 Å². The summed E-state index contributed by atoms with van der Waals surface area (Å²) in [5, 5.41) is 6.78. The highest BCUT2D eigenvalue weighted by molar-refractivity contribution is 5.97. The zero-order valence-electron chi connectivity index (χ0n) is 13.9. The lowest BCUT2D eigenvalue weighted by atomic mass is 10.1. The van der Waals surface area contributed by atoms with Crippen molar-refractivity contribution in [2.24, 2.45) is 0 Å². The van der Waals surface area contributed by atoms with Crippen molar-refractivity contribution in [2.75, 3.05) is 7.05 Å². The number of fused-ring (bicyclic) bond motifs is 3. The summed E-state index contributed by atoms with van der Waals surface area (Å²) in [6, 6.07) is 12.8. The molecule has 1 amide bonds. The lowest BCUT2D eigenvalue weighted by Crippen LogP contribution is -2.24. The van der Waals surface area contributed by atoms with Crippen molar-refractivity contribution in [2.45, 2.75) is 6.54 Å². The third kappa shape index (κ3) is 2.54. The largest absolute Gasteiger partial charge is 0.355 e. The van der Waals surface area contributed by atoms with E-state index in [-0.39, 0.29) is 23.8 Å². The van der Waals surface area contributed by atoms with Crippen LogP contribution in [0.15, 0.2) is 59.5 Å². The molecular formula is C19H15FN4O2. The second-order valence-electron chi connectivity index (χ2n) is 5.93. The lowest BCUT2D eigenvalue weighted by Gasteiger charge is -2.13. The van der Waals surface area contributed by atoms with Gasteiger partial charge in [0, 0.05) is 12.6 Å². The van der Waals surface area contributed by atoms with Crippen molar-refractivity contribution in [1.29, 1.82) is 0 Å². The van der Waals surface area contributed by atoms with Crippen LogP contribution in [-0.4, -0.2) is 27.1 Å². The molecule has 26 heavy (non-hydrogen) atoms. The van der Waals surface area contributed by atoms with Crippen LogP contribution in [-0.2, 0) is 6.54 Å². The molecule has 0 saturated heterocycles. The average Bonchev–Trinajstić information content (AvgIpc) is 3.14. The van der Waals surface area contributed by atoms with E-state index >= 15 is 0 Å². The van der Waals surface area contributed by atoms with Gasteiger partial charge in [0.25, 0.3) is 11.5 Å².